The van der Waals surface area contributed by atoms with Gasteiger partial charge in [-0.1, -0.05) is 25.5 Å². The Labute approximate surface area is 67.8 Å². The molecule has 0 spiro atoms. The molecule has 0 aromatic rings. The Hall–Kier alpha value is -0.590. The normalized spacial score (nSPS) is 25.0. The van der Waals surface area contributed by atoms with Gasteiger partial charge in [-0.05, 0) is 24.5 Å². The zero-order valence-corrected chi connectivity index (χ0v) is 7.39. The van der Waals surface area contributed by atoms with Gasteiger partial charge in [-0.2, -0.15) is 0 Å². The molecule has 0 saturated carbocycles. The summed E-state index contributed by atoms with van der Waals surface area (Å²) in [5.74, 6) is 0.449. The fourth-order valence-electron chi connectivity index (χ4n) is 1.45. The van der Waals surface area contributed by atoms with Crippen molar-refractivity contribution in [2.75, 3.05) is 0 Å². The van der Waals surface area contributed by atoms with E-state index in [9.17, 15) is 4.39 Å². The molecule has 1 atom stereocenters. The molecule has 0 fully saturated rings. The number of allylic oxidation sites excluding steroid dienone is 4. The molecule has 0 aromatic carbocycles. The van der Waals surface area contributed by atoms with Crippen LogP contribution in [0.5, 0.6) is 0 Å². The van der Waals surface area contributed by atoms with Gasteiger partial charge in [-0.3, -0.25) is 0 Å². The van der Waals surface area contributed by atoms with Crippen molar-refractivity contribution in [3.63, 3.8) is 0 Å². The van der Waals surface area contributed by atoms with Crippen LogP contribution in [0.4, 0.5) is 4.39 Å². The topological polar surface area (TPSA) is 0 Å². The van der Waals surface area contributed by atoms with Gasteiger partial charge in [0.25, 0.3) is 0 Å². The fourth-order valence-corrected chi connectivity index (χ4v) is 1.45. The van der Waals surface area contributed by atoms with Gasteiger partial charge >= 0.3 is 0 Å². The molecule has 1 rings (SSSR count). The van der Waals surface area contributed by atoms with Crippen LogP contribution in [0.3, 0.4) is 0 Å². The second kappa shape index (κ2) is 3.21. The molecule has 11 heavy (non-hydrogen) atoms. The number of halogens is 1. The molecule has 0 saturated heterocycles. The first-order chi connectivity index (χ1) is 5.11. The minimum Gasteiger partial charge on any atom is -0.243 e. The van der Waals surface area contributed by atoms with Gasteiger partial charge < -0.3 is 0 Å². The molecule has 0 amide bonds. The van der Waals surface area contributed by atoms with E-state index in [0.717, 1.165) is 0 Å². The zero-order valence-electron chi connectivity index (χ0n) is 7.39. The number of hydrogen-bond donors (Lipinski definition) is 0. The monoisotopic (exact) mass is 154 g/mol. The van der Waals surface area contributed by atoms with E-state index in [1.165, 1.54) is 11.1 Å². The molecule has 0 bridgehead atoms. The lowest BCUT2D eigenvalue weighted by Crippen LogP contribution is -2.06. The number of alkyl halides is 1. The standard InChI is InChI=1S/C10H15F/c1-7(2)10-6-9(11)5-4-8(10)3/h4,6-7,9H,5H2,1-3H3. The minimum absolute atomic E-state index is 0.449. The molecular weight excluding hydrogens is 139 g/mol. The molecular formula is C10H15F. The summed E-state index contributed by atoms with van der Waals surface area (Å²) >= 11 is 0. The van der Waals surface area contributed by atoms with Gasteiger partial charge in [-0.25, -0.2) is 4.39 Å². The van der Waals surface area contributed by atoms with E-state index < -0.39 is 6.17 Å². The van der Waals surface area contributed by atoms with Crippen LogP contribution >= 0.6 is 0 Å². The maximum absolute atomic E-state index is 12.8. The summed E-state index contributed by atoms with van der Waals surface area (Å²) in [6, 6.07) is 0. The minimum atomic E-state index is -0.754. The lowest BCUT2D eigenvalue weighted by molar-refractivity contribution is 0.396. The fraction of sp³-hybridized carbons (Fsp3) is 0.600. The predicted molar refractivity (Wildman–Crippen MR) is 46.2 cm³/mol. The molecule has 1 unspecified atom stereocenters. The first-order valence-electron chi connectivity index (χ1n) is 4.14. The van der Waals surface area contributed by atoms with E-state index in [0.29, 0.717) is 12.3 Å². The van der Waals surface area contributed by atoms with Crippen molar-refractivity contribution in [3.8, 4) is 0 Å². The van der Waals surface area contributed by atoms with Gasteiger partial charge in [0.05, 0.1) is 0 Å². The quantitative estimate of drug-likeness (QED) is 0.544. The van der Waals surface area contributed by atoms with Gasteiger partial charge in [0.2, 0.25) is 0 Å². The maximum atomic E-state index is 12.8. The molecule has 1 aliphatic rings. The van der Waals surface area contributed by atoms with E-state index in [1.54, 1.807) is 6.08 Å². The average Bonchev–Trinajstić information content (AvgIpc) is 1.94. The second-order valence-corrected chi connectivity index (χ2v) is 3.42. The molecule has 0 heterocycles. The molecule has 0 nitrogen and oxygen atoms in total. The Morgan fingerprint density at radius 2 is 2.18 bits per heavy atom. The van der Waals surface area contributed by atoms with Crippen molar-refractivity contribution < 1.29 is 4.39 Å². The highest BCUT2D eigenvalue weighted by atomic mass is 19.1. The molecule has 0 aliphatic heterocycles. The summed E-state index contributed by atoms with van der Waals surface area (Å²) in [7, 11) is 0. The summed E-state index contributed by atoms with van der Waals surface area (Å²) in [5, 5.41) is 0. The Morgan fingerprint density at radius 3 is 2.64 bits per heavy atom. The van der Waals surface area contributed by atoms with Crippen LogP contribution in [-0.2, 0) is 0 Å². The Balaban J connectivity index is 2.81. The summed E-state index contributed by atoms with van der Waals surface area (Å²) in [5.41, 5.74) is 2.41. The van der Waals surface area contributed by atoms with E-state index in [2.05, 4.69) is 20.8 Å². The van der Waals surface area contributed by atoms with Crippen LogP contribution in [0.2, 0.25) is 0 Å². The third kappa shape index (κ3) is 1.92. The second-order valence-electron chi connectivity index (χ2n) is 3.42. The summed E-state index contributed by atoms with van der Waals surface area (Å²) in [6.07, 6.45) is 3.54. The van der Waals surface area contributed by atoms with E-state index in [1.807, 2.05) is 6.08 Å². The first kappa shape index (κ1) is 8.51. The molecule has 0 radical (unpaired) electrons. The van der Waals surface area contributed by atoms with Crippen molar-refractivity contribution in [1.82, 2.24) is 0 Å². The van der Waals surface area contributed by atoms with E-state index in [4.69, 9.17) is 0 Å². The van der Waals surface area contributed by atoms with Gasteiger partial charge in [0.15, 0.2) is 0 Å². The lowest BCUT2D eigenvalue weighted by Gasteiger charge is -2.17. The molecule has 0 aromatic heterocycles. The number of rotatable bonds is 1. The van der Waals surface area contributed by atoms with Crippen LogP contribution in [0.25, 0.3) is 0 Å². The first-order valence-corrected chi connectivity index (χ1v) is 4.14. The van der Waals surface area contributed by atoms with Crippen molar-refractivity contribution in [3.05, 3.63) is 23.3 Å². The van der Waals surface area contributed by atoms with Crippen LogP contribution in [0.15, 0.2) is 23.3 Å². The summed E-state index contributed by atoms with van der Waals surface area (Å²) in [6.45, 7) is 6.25. The lowest BCUT2D eigenvalue weighted by atomic mass is 9.90. The third-order valence-corrected chi connectivity index (χ3v) is 2.09. The van der Waals surface area contributed by atoms with Gasteiger partial charge in [-0.15, -0.1) is 0 Å². The maximum Gasteiger partial charge on any atom is 0.122 e. The van der Waals surface area contributed by atoms with Crippen LogP contribution in [-0.4, -0.2) is 6.17 Å². The largest absolute Gasteiger partial charge is 0.243 e. The Morgan fingerprint density at radius 1 is 1.55 bits per heavy atom. The highest BCUT2D eigenvalue weighted by Crippen LogP contribution is 2.25. The smallest absolute Gasteiger partial charge is 0.122 e. The van der Waals surface area contributed by atoms with Crippen molar-refractivity contribution in [2.24, 2.45) is 5.92 Å². The predicted octanol–water partition coefficient (Wildman–Crippen LogP) is 3.26. The van der Waals surface area contributed by atoms with Crippen LogP contribution in [0.1, 0.15) is 27.2 Å². The molecule has 1 heteroatoms. The van der Waals surface area contributed by atoms with E-state index in [-0.39, 0.29) is 0 Å². The molecule has 0 N–H and O–H groups in total. The van der Waals surface area contributed by atoms with Crippen LogP contribution in [0, 0.1) is 5.92 Å². The van der Waals surface area contributed by atoms with Gasteiger partial charge in [0, 0.05) is 6.42 Å². The van der Waals surface area contributed by atoms with Gasteiger partial charge in [0.1, 0.15) is 6.17 Å². The van der Waals surface area contributed by atoms with Crippen molar-refractivity contribution in [1.29, 1.82) is 0 Å². The Kier molecular flexibility index (Phi) is 2.48. The van der Waals surface area contributed by atoms with Crippen molar-refractivity contribution >= 4 is 0 Å². The summed E-state index contributed by atoms with van der Waals surface area (Å²) in [4.78, 5) is 0. The van der Waals surface area contributed by atoms with Crippen molar-refractivity contribution in [2.45, 2.75) is 33.4 Å². The average molecular weight is 154 g/mol. The summed E-state index contributed by atoms with van der Waals surface area (Å²) < 4.78 is 12.8. The molecule has 1 aliphatic carbocycles. The Bertz CT molecular complexity index is 199. The number of hydrogen-bond acceptors (Lipinski definition) is 0. The highest BCUT2D eigenvalue weighted by Gasteiger charge is 2.13. The van der Waals surface area contributed by atoms with E-state index >= 15 is 0 Å². The molecule has 62 valence electrons. The third-order valence-electron chi connectivity index (χ3n) is 2.09. The highest BCUT2D eigenvalue weighted by molar-refractivity contribution is 5.34. The van der Waals surface area contributed by atoms with Crippen LogP contribution < -0.4 is 0 Å². The SMILES string of the molecule is CC1=CCC(F)C=C1C(C)C. The zero-order chi connectivity index (χ0) is 8.43.